The van der Waals surface area contributed by atoms with Crippen molar-refractivity contribution in [1.29, 1.82) is 0 Å². The molecule has 0 fully saturated rings. The van der Waals surface area contributed by atoms with Gasteiger partial charge >= 0.3 is 0 Å². The quantitative estimate of drug-likeness (QED) is 0.593. The van der Waals surface area contributed by atoms with Gasteiger partial charge in [0.1, 0.15) is 0 Å². The van der Waals surface area contributed by atoms with Gasteiger partial charge in [0.15, 0.2) is 5.78 Å². The molecule has 13 heavy (non-hydrogen) atoms. The Morgan fingerprint density at radius 1 is 1.54 bits per heavy atom. The summed E-state index contributed by atoms with van der Waals surface area (Å²) < 4.78 is 0.782. The van der Waals surface area contributed by atoms with Crippen LogP contribution in [-0.4, -0.2) is 11.1 Å². The van der Waals surface area contributed by atoms with Gasteiger partial charge in [0, 0.05) is 15.1 Å². The Morgan fingerprint density at radius 3 is 2.69 bits per heavy atom. The molecule has 1 aromatic rings. The number of benzene rings is 1. The van der Waals surface area contributed by atoms with Crippen molar-refractivity contribution in [2.24, 2.45) is 0 Å². The molecule has 0 amide bonds. The number of carbonyl (C=O) groups excluding carboxylic acids is 1. The molecule has 0 heterocycles. The molecule has 0 unspecified atom stereocenters. The molecule has 0 aliphatic heterocycles. The summed E-state index contributed by atoms with van der Waals surface area (Å²) in [6, 6.07) is 3.46. The number of carbonyl (C=O) groups is 1. The van der Waals surface area contributed by atoms with Crippen molar-refractivity contribution in [2.45, 2.75) is 6.92 Å². The number of alkyl halides is 1. The molecule has 0 N–H and O–H groups in total. The Hall–Kier alpha value is 0.140. The summed E-state index contributed by atoms with van der Waals surface area (Å²) in [5, 5.41) is 0.991. The summed E-state index contributed by atoms with van der Waals surface area (Å²) in [6.45, 7) is 1.87. The fourth-order valence-corrected chi connectivity index (χ4v) is 2.09. The van der Waals surface area contributed by atoms with Crippen molar-refractivity contribution in [1.82, 2.24) is 0 Å². The van der Waals surface area contributed by atoms with Crippen LogP contribution in [0, 0.1) is 6.92 Å². The van der Waals surface area contributed by atoms with E-state index < -0.39 is 0 Å². The summed E-state index contributed by atoms with van der Waals surface area (Å²) in [5.41, 5.74) is 1.56. The van der Waals surface area contributed by atoms with Crippen molar-refractivity contribution in [3.05, 3.63) is 32.8 Å². The van der Waals surface area contributed by atoms with Crippen LogP contribution in [0.2, 0.25) is 5.02 Å². The third-order valence-electron chi connectivity index (χ3n) is 1.74. The van der Waals surface area contributed by atoms with E-state index in [0.29, 0.717) is 15.9 Å². The average Bonchev–Trinajstić information content (AvgIpc) is 2.13. The monoisotopic (exact) mass is 324 g/mol. The molecule has 0 radical (unpaired) electrons. The first-order chi connectivity index (χ1) is 6.07. The molecule has 1 nitrogen and oxygen atoms in total. The molecule has 1 rings (SSSR count). The zero-order chi connectivity index (χ0) is 10.0. The normalized spacial score (nSPS) is 10.2. The zero-order valence-corrected chi connectivity index (χ0v) is 10.8. The number of hydrogen-bond acceptors (Lipinski definition) is 1. The van der Waals surface area contributed by atoms with Gasteiger partial charge in [-0.2, -0.15) is 0 Å². The first kappa shape index (κ1) is 11.2. The van der Waals surface area contributed by atoms with Gasteiger partial charge in [-0.1, -0.05) is 27.5 Å². The summed E-state index contributed by atoms with van der Waals surface area (Å²) in [4.78, 5) is 11.4. The first-order valence-electron chi connectivity index (χ1n) is 3.61. The van der Waals surface area contributed by atoms with Crippen LogP contribution in [0.1, 0.15) is 15.9 Å². The molecule has 70 valence electrons. The van der Waals surface area contributed by atoms with E-state index in [2.05, 4.69) is 31.9 Å². The minimum Gasteiger partial charge on any atom is -0.293 e. The van der Waals surface area contributed by atoms with E-state index in [1.807, 2.05) is 6.92 Å². The molecule has 0 saturated heterocycles. The van der Waals surface area contributed by atoms with Gasteiger partial charge in [-0.25, -0.2) is 0 Å². The van der Waals surface area contributed by atoms with Crippen LogP contribution < -0.4 is 0 Å². The highest BCUT2D eigenvalue weighted by atomic mass is 79.9. The largest absolute Gasteiger partial charge is 0.293 e. The van der Waals surface area contributed by atoms with E-state index in [1.165, 1.54) is 0 Å². The Morgan fingerprint density at radius 2 is 2.15 bits per heavy atom. The molecule has 0 spiro atoms. The molecule has 4 heteroatoms. The minimum absolute atomic E-state index is 0.0478. The van der Waals surface area contributed by atoms with Crippen molar-refractivity contribution in [2.75, 3.05) is 5.33 Å². The second-order valence-electron chi connectivity index (χ2n) is 2.59. The van der Waals surface area contributed by atoms with Crippen LogP contribution in [0.15, 0.2) is 16.6 Å². The van der Waals surface area contributed by atoms with E-state index in [0.717, 1.165) is 10.0 Å². The zero-order valence-electron chi connectivity index (χ0n) is 6.90. The number of rotatable bonds is 2. The Balaban J connectivity index is 3.26. The standard InChI is InChI=1S/C9H7Br2ClO/c1-5-7(12)3-2-6(9(5)11)8(13)4-10/h2-3H,4H2,1H3. The van der Waals surface area contributed by atoms with Crippen molar-refractivity contribution >= 4 is 49.2 Å². The highest BCUT2D eigenvalue weighted by Crippen LogP contribution is 2.28. The third-order valence-corrected chi connectivity index (χ3v) is 3.68. The molecule has 1 aromatic carbocycles. The number of halogens is 3. The molecule has 0 atom stereocenters. The van der Waals surface area contributed by atoms with Gasteiger partial charge in [-0.15, -0.1) is 0 Å². The molecule has 0 aliphatic carbocycles. The van der Waals surface area contributed by atoms with Gasteiger partial charge < -0.3 is 0 Å². The summed E-state index contributed by atoms with van der Waals surface area (Å²) >= 11 is 12.4. The van der Waals surface area contributed by atoms with E-state index in [-0.39, 0.29) is 5.78 Å². The smallest absolute Gasteiger partial charge is 0.174 e. The summed E-state index contributed by atoms with van der Waals surface area (Å²) in [7, 11) is 0. The van der Waals surface area contributed by atoms with Crippen LogP contribution in [-0.2, 0) is 0 Å². The van der Waals surface area contributed by atoms with Gasteiger partial charge in [0.2, 0.25) is 0 Å². The lowest BCUT2D eigenvalue weighted by Gasteiger charge is -2.05. The van der Waals surface area contributed by atoms with E-state index in [1.54, 1.807) is 12.1 Å². The highest BCUT2D eigenvalue weighted by Gasteiger charge is 2.11. The number of hydrogen-bond donors (Lipinski definition) is 0. The fraction of sp³-hybridized carbons (Fsp3) is 0.222. The van der Waals surface area contributed by atoms with Gasteiger partial charge in [0.05, 0.1) is 5.33 Å². The SMILES string of the molecule is Cc1c(Cl)ccc(C(=O)CBr)c1Br. The van der Waals surface area contributed by atoms with Crippen LogP contribution in [0.3, 0.4) is 0 Å². The molecule has 0 aliphatic rings. The predicted molar refractivity (Wildman–Crippen MR) is 62.0 cm³/mol. The lowest BCUT2D eigenvalue weighted by Crippen LogP contribution is -2.02. The Bertz CT molecular complexity index is 350. The first-order valence-corrected chi connectivity index (χ1v) is 5.91. The van der Waals surface area contributed by atoms with E-state index >= 15 is 0 Å². The van der Waals surface area contributed by atoms with Crippen molar-refractivity contribution < 1.29 is 4.79 Å². The minimum atomic E-state index is 0.0478. The molecule has 0 bridgehead atoms. The maximum atomic E-state index is 11.4. The van der Waals surface area contributed by atoms with Gasteiger partial charge in [0.25, 0.3) is 0 Å². The fourth-order valence-electron chi connectivity index (χ4n) is 0.949. The van der Waals surface area contributed by atoms with E-state index in [9.17, 15) is 4.79 Å². The van der Waals surface area contributed by atoms with Crippen LogP contribution in [0.5, 0.6) is 0 Å². The Kier molecular flexibility index (Phi) is 3.95. The van der Waals surface area contributed by atoms with E-state index in [4.69, 9.17) is 11.6 Å². The lowest BCUT2D eigenvalue weighted by atomic mass is 10.1. The third kappa shape index (κ3) is 2.33. The topological polar surface area (TPSA) is 17.1 Å². The molecule has 0 saturated carbocycles. The molecule has 0 aromatic heterocycles. The van der Waals surface area contributed by atoms with Crippen molar-refractivity contribution in [3.63, 3.8) is 0 Å². The second kappa shape index (κ2) is 4.58. The number of ketones is 1. The number of Topliss-reactive ketones (excluding diaryl/α,β-unsaturated/α-hetero) is 1. The lowest BCUT2D eigenvalue weighted by molar-refractivity contribution is 0.102. The van der Waals surface area contributed by atoms with Crippen LogP contribution in [0.4, 0.5) is 0 Å². The van der Waals surface area contributed by atoms with Crippen molar-refractivity contribution in [3.8, 4) is 0 Å². The van der Waals surface area contributed by atoms with Crippen LogP contribution in [0.25, 0.3) is 0 Å². The maximum Gasteiger partial charge on any atom is 0.174 e. The van der Waals surface area contributed by atoms with Crippen LogP contribution >= 0.6 is 43.5 Å². The average molecular weight is 326 g/mol. The highest BCUT2D eigenvalue weighted by molar-refractivity contribution is 9.10. The second-order valence-corrected chi connectivity index (χ2v) is 4.35. The van der Waals surface area contributed by atoms with Gasteiger partial charge in [-0.05, 0) is 40.5 Å². The summed E-state index contributed by atoms with van der Waals surface area (Å²) in [6.07, 6.45) is 0. The summed E-state index contributed by atoms with van der Waals surface area (Å²) in [5.74, 6) is 0.0478. The Labute approximate surface area is 98.7 Å². The van der Waals surface area contributed by atoms with Gasteiger partial charge in [-0.3, -0.25) is 4.79 Å². The predicted octanol–water partition coefficient (Wildman–Crippen LogP) is 3.99. The molecular formula is C9H7Br2ClO. The molecular weight excluding hydrogens is 319 g/mol. The maximum absolute atomic E-state index is 11.4.